The zero-order valence-corrected chi connectivity index (χ0v) is 13.9. The molecule has 0 saturated carbocycles. The number of hydrogen-bond acceptors (Lipinski definition) is 5. The predicted molar refractivity (Wildman–Crippen MR) is 87.8 cm³/mol. The average Bonchev–Trinajstić information content (AvgIpc) is 3.10. The van der Waals surface area contributed by atoms with Crippen molar-refractivity contribution in [1.82, 2.24) is 15.0 Å². The molecule has 0 unspecified atom stereocenters. The van der Waals surface area contributed by atoms with Gasteiger partial charge in [-0.25, -0.2) is 0 Å². The molecule has 1 N–H and O–H groups in total. The molecule has 5 heteroatoms. The first kappa shape index (κ1) is 16.1. The molecule has 1 aliphatic rings. The molecule has 3 rings (SSSR count). The third-order valence-electron chi connectivity index (χ3n) is 4.87. The lowest BCUT2D eigenvalue weighted by Gasteiger charge is -2.36. The van der Waals surface area contributed by atoms with Crippen LogP contribution in [0.4, 0.5) is 0 Å². The topological polar surface area (TPSA) is 62.4 Å². The van der Waals surface area contributed by atoms with Crippen LogP contribution in [0.3, 0.4) is 0 Å². The number of likely N-dealkylation sites (tertiary alicyclic amines) is 1. The highest BCUT2D eigenvalue weighted by molar-refractivity contribution is 5.18. The van der Waals surface area contributed by atoms with E-state index in [1.165, 1.54) is 0 Å². The summed E-state index contributed by atoms with van der Waals surface area (Å²) in [7, 11) is 0. The van der Waals surface area contributed by atoms with Gasteiger partial charge in [0.05, 0.1) is 12.1 Å². The molecular formula is C18H25N3O2. The average molecular weight is 315 g/mol. The molecule has 0 bridgehead atoms. The lowest BCUT2D eigenvalue weighted by molar-refractivity contribution is 0.0420. The van der Waals surface area contributed by atoms with Crippen LogP contribution in [0.25, 0.3) is 0 Å². The van der Waals surface area contributed by atoms with Gasteiger partial charge in [0, 0.05) is 6.42 Å². The van der Waals surface area contributed by atoms with Crippen molar-refractivity contribution in [2.45, 2.75) is 45.3 Å². The van der Waals surface area contributed by atoms with Gasteiger partial charge in [-0.3, -0.25) is 4.90 Å². The summed E-state index contributed by atoms with van der Waals surface area (Å²) in [6.45, 7) is 6.02. The second-order valence-electron chi connectivity index (χ2n) is 6.31. The van der Waals surface area contributed by atoms with Gasteiger partial charge in [-0.1, -0.05) is 42.4 Å². The van der Waals surface area contributed by atoms with E-state index in [-0.39, 0.29) is 12.1 Å². The lowest BCUT2D eigenvalue weighted by atomic mass is 9.87. The highest BCUT2D eigenvalue weighted by Gasteiger charge is 2.30. The van der Waals surface area contributed by atoms with Crippen LogP contribution >= 0.6 is 0 Å². The van der Waals surface area contributed by atoms with Crippen LogP contribution in [0.1, 0.15) is 56.1 Å². The largest absolute Gasteiger partial charge is 0.388 e. The van der Waals surface area contributed by atoms with Crippen molar-refractivity contribution in [1.29, 1.82) is 0 Å². The molecule has 2 aromatic rings. The Labute approximate surface area is 137 Å². The normalized spacial score (nSPS) is 19.6. The minimum atomic E-state index is -0.372. The van der Waals surface area contributed by atoms with Gasteiger partial charge in [0.25, 0.3) is 0 Å². The van der Waals surface area contributed by atoms with E-state index in [0.717, 1.165) is 43.7 Å². The Hall–Kier alpha value is -1.72. The second-order valence-corrected chi connectivity index (χ2v) is 6.31. The highest BCUT2D eigenvalue weighted by Crippen LogP contribution is 2.33. The Kier molecular flexibility index (Phi) is 5.08. The standard InChI is InChI=1S/C18H25N3O2/c1-3-16-19-18(23-20-16)13(2)21-11-9-15(10-12-21)17(22)14-7-5-4-6-8-14/h4-8,13,15,17,22H,3,9-12H2,1-2H3/t13-,17-/m0/s1. The van der Waals surface area contributed by atoms with E-state index in [9.17, 15) is 5.11 Å². The summed E-state index contributed by atoms with van der Waals surface area (Å²) >= 11 is 0. The van der Waals surface area contributed by atoms with Crippen LogP contribution in [0.2, 0.25) is 0 Å². The molecule has 2 atom stereocenters. The molecule has 5 nitrogen and oxygen atoms in total. The van der Waals surface area contributed by atoms with Crippen LogP contribution in [-0.4, -0.2) is 33.2 Å². The second kappa shape index (κ2) is 7.23. The van der Waals surface area contributed by atoms with Gasteiger partial charge in [0.15, 0.2) is 5.82 Å². The summed E-state index contributed by atoms with van der Waals surface area (Å²) in [5, 5.41) is 14.5. The summed E-state index contributed by atoms with van der Waals surface area (Å²) in [6.07, 6.45) is 2.38. The number of aromatic nitrogens is 2. The van der Waals surface area contributed by atoms with Crippen molar-refractivity contribution in [2.75, 3.05) is 13.1 Å². The fourth-order valence-electron chi connectivity index (χ4n) is 3.28. The first-order valence-electron chi connectivity index (χ1n) is 8.48. The molecule has 124 valence electrons. The molecule has 1 aliphatic heterocycles. The summed E-state index contributed by atoms with van der Waals surface area (Å²) in [4.78, 5) is 6.80. The van der Waals surface area contributed by atoms with Gasteiger partial charge >= 0.3 is 0 Å². The predicted octanol–water partition coefficient (Wildman–Crippen LogP) is 3.14. The Morgan fingerprint density at radius 2 is 1.96 bits per heavy atom. The molecular weight excluding hydrogens is 290 g/mol. The number of aryl methyl sites for hydroxylation is 1. The maximum Gasteiger partial charge on any atom is 0.243 e. The Morgan fingerprint density at radius 1 is 1.26 bits per heavy atom. The van der Waals surface area contributed by atoms with Gasteiger partial charge < -0.3 is 9.63 Å². The van der Waals surface area contributed by atoms with E-state index < -0.39 is 0 Å². The zero-order valence-electron chi connectivity index (χ0n) is 13.9. The summed E-state index contributed by atoms with van der Waals surface area (Å²) < 4.78 is 5.36. The fraction of sp³-hybridized carbons (Fsp3) is 0.556. The fourth-order valence-corrected chi connectivity index (χ4v) is 3.28. The van der Waals surface area contributed by atoms with E-state index in [1.54, 1.807) is 0 Å². The smallest absolute Gasteiger partial charge is 0.243 e. The van der Waals surface area contributed by atoms with Crippen molar-refractivity contribution in [2.24, 2.45) is 5.92 Å². The van der Waals surface area contributed by atoms with Gasteiger partial charge in [-0.05, 0) is 44.3 Å². The summed E-state index contributed by atoms with van der Waals surface area (Å²) in [6, 6.07) is 10.1. The van der Waals surface area contributed by atoms with Crippen molar-refractivity contribution in [3.8, 4) is 0 Å². The number of aliphatic hydroxyl groups is 1. The van der Waals surface area contributed by atoms with Gasteiger partial charge in [-0.2, -0.15) is 4.98 Å². The number of aliphatic hydroxyl groups excluding tert-OH is 1. The van der Waals surface area contributed by atoms with Crippen LogP contribution < -0.4 is 0 Å². The molecule has 23 heavy (non-hydrogen) atoms. The van der Waals surface area contributed by atoms with Gasteiger partial charge in [0.1, 0.15) is 0 Å². The van der Waals surface area contributed by atoms with Crippen molar-refractivity contribution in [3.05, 3.63) is 47.6 Å². The molecule has 1 aromatic carbocycles. The quantitative estimate of drug-likeness (QED) is 0.918. The zero-order chi connectivity index (χ0) is 16.2. The van der Waals surface area contributed by atoms with Gasteiger partial charge in [-0.15, -0.1) is 0 Å². The molecule has 0 aliphatic carbocycles. The van der Waals surface area contributed by atoms with Crippen LogP contribution in [0.5, 0.6) is 0 Å². The first-order chi connectivity index (χ1) is 11.2. The summed E-state index contributed by atoms with van der Waals surface area (Å²) in [5.41, 5.74) is 1.02. The minimum Gasteiger partial charge on any atom is -0.388 e. The maximum atomic E-state index is 10.6. The van der Waals surface area contributed by atoms with E-state index in [2.05, 4.69) is 22.0 Å². The molecule has 0 radical (unpaired) electrons. The molecule has 1 fully saturated rings. The van der Waals surface area contributed by atoms with E-state index in [0.29, 0.717) is 11.8 Å². The third-order valence-corrected chi connectivity index (χ3v) is 4.87. The number of benzene rings is 1. The van der Waals surface area contributed by atoms with Crippen LogP contribution in [0, 0.1) is 5.92 Å². The molecule has 0 amide bonds. The molecule has 1 saturated heterocycles. The number of piperidine rings is 1. The maximum absolute atomic E-state index is 10.6. The first-order valence-corrected chi connectivity index (χ1v) is 8.48. The molecule has 2 heterocycles. The monoisotopic (exact) mass is 315 g/mol. The van der Waals surface area contributed by atoms with E-state index in [1.807, 2.05) is 37.3 Å². The SMILES string of the molecule is CCc1noc([C@H](C)N2CCC([C@@H](O)c3ccccc3)CC2)n1. The minimum absolute atomic E-state index is 0.137. The van der Waals surface area contributed by atoms with Crippen molar-refractivity contribution < 1.29 is 9.63 Å². The Balaban J connectivity index is 1.57. The third kappa shape index (κ3) is 3.62. The van der Waals surface area contributed by atoms with Crippen molar-refractivity contribution >= 4 is 0 Å². The number of hydrogen-bond donors (Lipinski definition) is 1. The highest BCUT2D eigenvalue weighted by atomic mass is 16.5. The van der Waals surface area contributed by atoms with Crippen LogP contribution in [-0.2, 0) is 6.42 Å². The van der Waals surface area contributed by atoms with Crippen molar-refractivity contribution in [3.63, 3.8) is 0 Å². The Morgan fingerprint density at radius 3 is 2.57 bits per heavy atom. The van der Waals surface area contributed by atoms with Gasteiger partial charge in [0.2, 0.25) is 5.89 Å². The van der Waals surface area contributed by atoms with E-state index in [4.69, 9.17) is 4.52 Å². The Bertz CT molecular complexity index is 606. The lowest BCUT2D eigenvalue weighted by Crippen LogP contribution is -2.37. The molecule has 1 aromatic heterocycles. The van der Waals surface area contributed by atoms with E-state index >= 15 is 0 Å². The summed E-state index contributed by atoms with van der Waals surface area (Å²) in [5.74, 6) is 1.78. The number of nitrogens with zero attached hydrogens (tertiary/aromatic N) is 3. The van der Waals surface area contributed by atoms with Crippen LogP contribution in [0.15, 0.2) is 34.9 Å². The number of rotatable bonds is 5. The molecule has 0 spiro atoms.